The van der Waals surface area contributed by atoms with Gasteiger partial charge in [-0.15, -0.1) is 5.10 Å². The molecule has 7 heteroatoms. The van der Waals surface area contributed by atoms with Crippen molar-refractivity contribution >= 4 is 17.3 Å². The van der Waals surface area contributed by atoms with Gasteiger partial charge < -0.3 is 10.6 Å². The number of carbonyl (C=O) groups is 1. The van der Waals surface area contributed by atoms with Gasteiger partial charge in [0.05, 0.1) is 11.4 Å². The lowest BCUT2D eigenvalue weighted by Gasteiger charge is -2.18. The molecule has 0 saturated heterocycles. The van der Waals surface area contributed by atoms with Gasteiger partial charge >= 0.3 is 0 Å². The van der Waals surface area contributed by atoms with E-state index in [1.807, 2.05) is 12.1 Å². The lowest BCUT2D eigenvalue weighted by atomic mass is 10.1. The molecule has 2 N–H and O–H groups in total. The molecular formula is C11H12N6O. The van der Waals surface area contributed by atoms with Gasteiger partial charge in [0, 0.05) is 6.54 Å². The van der Waals surface area contributed by atoms with Crippen molar-refractivity contribution in [2.75, 3.05) is 17.2 Å². The first-order valence-electron chi connectivity index (χ1n) is 5.64. The molecule has 0 aliphatic carbocycles. The number of tetrazole rings is 1. The van der Waals surface area contributed by atoms with Crippen LogP contribution in [-0.4, -0.2) is 32.7 Å². The summed E-state index contributed by atoms with van der Waals surface area (Å²) in [5.41, 5.74) is 8.51. The van der Waals surface area contributed by atoms with Gasteiger partial charge in [-0.1, -0.05) is 12.1 Å². The molecule has 0 atom stereocenters. The van der Waals surface area contributed by atoms with Gasteiger partial charge in [-0.25, -0.2) is 4.68 Å². The number of carbonyl (C=O) groups excluding carboxylic acids is 1. The lowest BCUT2D eigenvalue weighted by Crippen LogP contribution is -2.32. The molecule has 0 unspecified atom stereocenters. The fourth-order valence-corrected chi connectivity index (χ4v) is 2.21. The monoisotopic (exact) mass is 244 g/mol. The maximum Gasteiger partial charge on any atom is 0.248 e. The number of hydrogen-bond acceptors (Lipinski definition) is 5. The van der Waals surface area contributed by atoms with Crippen LogP contribution in [0.3, 0.4) is 0 Å². The molecule has 0 bridgehead atoms. The molecule has 3 rings (SSSR count). The Kier molecular flexibility index (Phi) is 2.44. The van der Waals surface area contributed by atoms with Crippen LogP contribution in [0.25, 0.3) is 0 Å². The predicted octanol–water partition coefficient (Wildman–Crippen LogP) is -0.155. The molecule has 0 radical (unpaired) electrons. The average Bonchev–Trinajstić information content (AvgIpc) is 2.97. The maximum absolute atomic E-state index is 12.2. The van der Waals surface area contributed by atoms with Gasteiger partial charge in [-0.3, -0.25) is 4.79 Å². The summed E-state index contributed by atoms with van der Waals surface area (Å²) < 4.78 is 1.40. The number of rotatable bonds is 2. The molecule has 1 aliphatic heterocycles. The summed E-state index contributed by atoms with van der Waals surface area (Å²) in [6, 6.07) is 5.71. The molecule has 1 amide bonds. The largest absolute Gasteiger partial charge is 0.397 e. The number of fused-ring (bicyclic) bond motifs is 1. The molecule has 2 aromatic rings. The number of nitrogens with zero attached hydrogens (tertiary/aromatic N) is 5. The lowest BCUT2D eigenvalue weighted by molar-refractivity contribution is -0.119. The van der Waals surface area contributed by atoms with E-state index < -0.39 is 0 Å². The van der Waals surface area contributed by atoms with E-state index >= 15 is 0 Å². The summed E-state index contributed by atoms with van der Waals surface area (Å²) in [6.07, 6.45) is 2.25. The highest BCUT2D eigenvalue weighted by Gasteiger charge is 2.26. The zero-order chi connectivity index (χ0) is 12.5. The summed E-state index contributed by atoms with van der Waals surface area (Å²) in [4.78, 5) is 13.9. The SMILES string of the molecule is Nc1cccc2c1N(C(=O)Cn1cnnn1)CC2. The standard InChI is InChI=1S/C11H12N6O/c12-9-3-1-2-8-4-5-17(11(8)9)10(18)6-16-7-13-14-15-16/h1-3,7H,4-6,12H2. The van der Waals surface area contributed by atoms with Crippen LogP contribution in [0, 0.1) is 0 Å². The number of amides is 1. The van der Waals surface area contributed by atoms with Crippen LogP contribution in [0.15, 0.2) is 24.5 Å². The van der Waals surface area contributed by atoms with Gasteiger partial charge in [0.2, 0.25) is 5.91 Å². The Balaban J connectivity index is 1.86. The molecule has 92 valence electrons. The number of nitrogen functional groups attached to an aromatic ring is 1. The van der Waals surface area contributed by atoms with Crippen LogP contribution < -0.4 is 10.6 Å². The summed E-state index contributed by atoms with van der Waals surface area (Å²) in [5.74, 6) is -0.0565. The Bertz CT molecular complexity index is 579. The normalized spacial score (nSPS) is 13.7. The Labute approximate surface area is 103 Å². The molecule has 0 saturated carbocycles. The van der Waals surface area contributed by atoms with E-state index in [1.54, 1.807) is 11.0 Å². The van der Waals surface area contributed by atoms with Crippen LogP contribution in [0.5, 0.6) is 0 Å². The third-order valence-electron chi connectivity index (χ3n) is 3.02. The summed E-state index contributed by atoms with van der Waals surface area (Å²) >= 11 is 0. The highest BCUT2D eigenvalue weighted by molar-refractivity contribution is 5.98. The summed E-state index contributed by atoms with van der Waals surface area (Å²) in [5, 5.41) is 10.7. The van der Waals surface area contributed by atoms with Gasteiger partial charge in [-0.2, -0.15) is 0 Å². The van der Waals surface area contributed by atoms with Crippen molar-refractivity contribution in [1.82, 2.24) is 20.2 Å². The number of para-hydroxylation sites is 1. The third-order valence-corrected chi connectivity index (χ3v) is 3.02. The van der Waals surface area contributed by atoms with E-state index in [0.717, 1.165) is 17.7 Å². The number of aromatic nitrogens is 4. The van der Waals surface area contributed by atoms with Crippen LogP contribution in [0.4, 0.5) is 11.4 Å². The summed E-state index contributed by atoms with van der Waals surface area (Å²) in [6.45, 7) is 0.783. The first kappa shape index (κ1) is 10.7. The molecule has 7 nitrogen and oxygen atoms in total. The van der Waals surface area contributed by atoms with Crippen molar-refractivity contribution in [3.8, 4) is 0 Å². The average molecular weight is 244 g/mol. The quantitative estimate of drug-likeness (QED) is 0.742. The Morgan fingerprint density at radius 1 is 1.44 bits per heavy atom. The Morgan fingerprint density at radius 2 is 2.33 bits per heavy atom. The first-order chi connectivity index (χ1) is 8.75. The van der Waals surface area contributed by atoms with Crippen LogP contribution in [0.2, 0.25) is 0 Å². The zero-order valence-corrected chi connectivity index (χ0v) is 9.65. The van der Waals surface area contributed by atoms with Gasteiger partial charge in [0.15, 0.2) is 0 Å². The van der Waals surface area contributed by atoms with E-state index in [4.69, 9.17) is 5.73 Å². The second-order valence-electron chi connectivity index (χ2n) is 4.16. The fraction of sp³-hybridized carbons (Fsp3) is 0.273. The number of hydrogen-bond donors (Lipinski definition) is 1. The second-order valence-corrected chi connectivity index (χ2v) is 4.16. The topological polar surface area (TPSA) is 89.9 Å². The number of nitrogens with two attached hydrogens (primary N) is 1. The maximum atomic E-state index is 12.2. The highest BCUT2D eigenvalue weighted by atomic mass is 16.2. The number of anilines is 2. The summed E-state index contributed by atoms with van der Waals surface area (Å²) in [7, 11) is 0. The molecule has 1 aromatic carbocycles. The van der Waals surface area contributed by atoms with Gasteiger partial charge in [0.1, 0.15) is 12.9 Å². The molecule has 1 aliphatic rings. The minimum Gasteiger partial charge on any atom is -0.397 e. The van der Waals surface area contributed by atoms with E-state index in [-0.39, 0.29) is 12.5 Å². The minimum absolute atomic E-state index is 0.0565. The van der Waals surface area contributed by atoms with Crippen molar-refractivity contribution in [2.45, 2.75) is 13.0 Å². The molecule has 1 aromatic heterocycles. The van der Waals surface area contributed by atoms with E-state index in [2.05, 4.69) is 15.5 Å². The second kappa shape index (κ2) is 4.10. The van der Waals surface area contributed by atoms with Crippen LogP contribution >= 0.6 is 0 Å². The van der Waals surface area contributed by atoms with Gasteiger partial charge in [0.25, 0.3) is 0 Å². The van der Waals surface area contributed by atoms with Gasteiger partial charge in [-0.05, 0) is 28.5 Å². The van der Waals surface area contributed by atoms with Crippen molar-refractivity contribution < 1.29 is 4.79 Å². The molecule has 0 spiro atoms. The van der Waals surface area contributed by atoms with E-state index in [0.29, 0.717) is 12.2 Å². The first-order valence-corrected chi connectivity index (χ1v) is 5.64. The zero-order valence-electron chi connectivity index (χ0n) is 9.65. The number of benzene rings is 1. The van der Waals surface area contributed by atoms with Crippen LogP contribution in [0.1, 0.15) is 5.56 Å². The molecule has 2 heterocycles. The van der Waals surface area contributed by atoms with E-state index in [1.165, 1.54) is 11.0 Å². The minimum atomic E-state index is -0.0565. The molecule has 18 heavy (non-hydrogen) atoms. The molecule has 0 fully saturated rings. The fourth-order valence-electron chi connectivity index (χ4n) is 2.21. The Hall–Kier alpha value is -2.44. The smallest absolute Gasteiger partial charge is 0.248 e. The van der Waals surface area contributed by atoms with Crippen molar-refractivity contribution in [3.05, 3.63) is 30.1 Å². The van der Waals surface area contributed by atoms with E-state index in [9.17, 15) is 4.79 Å². The van der Waals surface area contributed by atoms with Crippen LogP contribution in [-0.2, 0) is 17.8 Å². The predicted molar refractivity (Wildman–Crippen MR) is 64.7 cm³/mol. The van der Waals surface area contributed by atoms with Crippen molar-refractivity contribution in [1.29, 1.82) is 0 Å². The third kappa shape index (κ3) is 1.69. The molecular weight excluding hydrogens is 232 g/mol. The highest BCUT2D eigenvalue weighted by Crippen LogP contribution is 2.33. The Morgan fingerprint density at radius 3 is 3.11 bits per heavy atom. The van der Waals surface area contributed by atoms with Crippen molar-refractivity contribution in [3.63, 3.8) is 0 Å². The van der Waals surface area contributed by atoms with Crippen molar-refractivity contribution in [2.24, 2.45) is 0 Å².